The second-order valence-electron chi connectivity index (χ2n) is 2.87. The van der Waals surface area contributed by atoms with Gasteiger partial charge in [0.25, 0.3) is 0 Å². The normalized spacial score (nSPS) is 10.3. The third-order valence-electron chi connectivity index (χ3n) is 0.372. The van der Waals surface area contributed by atoms with Crippen LogP contribution < -0.4 is 17.2 Å². The van der Waals surface area contributed by atoms with Crippen LogP contribution in [0.4, 0.5) is 0 Å². The summed E-state index contributed by atoms with van der Waals surface area (Å²) in [7, 11) is 0. The third kappa shape index (κ3) is 272. The average Bonchev–Trinajstić information content (AvgIpc) is 1.88. The van der Waals surface area contributed by atoms with E-state index in [2.05, 4.69) is 6.58 Å². The standard InChI is InChI=1S/C3H10N2.C3H9N.C3H6/c1-3(5)2-4;1-3(2)4;1-3-2/h3H,2,4-5H2,1H3;3H,4H2,1-2H3;3H,1H2,2H3. The topological polar surface area (TPSA) is 78.1 Å². The Kier molecular flexibility index (Phi) is 24.9. The molecule has 0 spiro atoms. The van der Waals surface area contributed by atoms with Crippen LogP contribution in [0.3, 0.4) is 0 Å². The van der Waals surface area contributed by atoms with Crippen LogP contribution in [0, 0.1) is 0 Å². The van der Waals surface area contributed by atoms with Gasteiger partial charge in [-0.05, 0) is 19.9 Å². The summed E-state index contributed by atoms with van der Waals surface area (Å²) < 4.78 is 0. The Morgan fingerprint density at radius 1 is 1.25 bits per heavy atom. The van der Waals surface area contributed by atoms with Gasteiger partial charge in [0.15, 0.2) is 0 Å². The zero-order chi connectivity index (χ0) is 10.6. The molecule has 0 amide bonds. The van der Waals surface area contributed by atoms with E-state index in [-0.39, 0.29) is 6.04 Å². The number of hydrogen-bond acceptors (Lipinski definition) is 3. The van der Waals surface area contributed by atoms with Gasteiger partial charge in [0.05, 0.1) is 0 Å². The van der Waals surface area contributed by atoms with Gasteiger partial charge in [-0.2, -0.15) is 0 Å². The van der Waals surface area contributed by atoms with Crippen LogP contribution in [0.25, 0.3) is 0 Å². The van der Waals surface area contributed by atoms with E-state index in [1.165, 1.54) is 0 Å². The molecule has 0 aliphatic carbocycles. The van der Waals surface area contributed by atoms with Crippen LogP contribution in [0.15, 0.2) is 12.7 Å². The van der Waals surface area contributed by atoms with Gasteiger partial charge in [-0.15, -0.1) is 6.58 Å². The van der Waals surface area contributed by atoms with E-state index in [4.69, 9.17) is 17.2 Å². The highest BCUT2D eigenvalue weighted by Gasteiger charge is 1.79. The number of allylic oxidation sites excluding steroid dienone is 1. The minimum atomic E-state index is 0.162. The molecule has 1 unspecified atom stereocenters. The molecule has 0 aromatic carbocycles. The molecule has 3 heteroatoms. The highest BCUT2D eigenvalue weighted by Crippen LogP contribution is 1.59. The Hall–Kier alpha value is -0.380. The lowest BCUT2D eigenvalue weighted by molar-refractivity contribution is 0.752. The first-order chi connectivity index (χ1) is 5.42. The molecular weight excluding hydrogens is 150 g/mol. The van der Waals surface area contributed by atoms with Crippen molar-refractivity contribution in [1.82, 2.24) is 0 Å². The molecule has 0 heterocycles. The van der Waals surface area contributed by atoms with Crippen LogP contribution in [0.5, 0.6) is 0 Å². The maximum atomic E-state index is 5.17. The molecule has 1 atom stereocenters. The molecule has 0 saturated heterocycles. The van der Waals surface area contributed by atoms with E-state index in [1.54, 1.807) is 6.08 Å². The second kappa shape index (κ2) is 16.9. The summed E-state index contributed by atoms with van der Waals surface area (Å²) >= 11 is 0. The van der Waals surface area contributed by atoms with Gasteiger partial charge in [0, 0.05) is 12.6 Å². The van der Waals surface area contributed by atoms with E-state index in [0.717, 1.165) is 0 Å². The Bertz CT molecular complexity index is 67.4. The molecule has 0 rings (SSSR count). The van der Waals surface area contributed by atoms with Crippen molar-refractivity contribution in [3.63, 3.8) is 0 Å². The highest BCUT2D eigenvalue weighted by atomic mass is 14.7. The zero-order valence-corrected chi connectivity index (χ0v) is 8.88. The van der Waals surface area contributed by atoms with Crippen molar-refractivity contribution in [3.05, 3.63) is 12.7 Å². The molecule has 12 heavy (non-hydrogen) atoms. The Balaban J connectivity index is -0.000000105. The Morgan fingerprint density at radius 3 is 1.33 bits per heavy atom. The minimum absolute atomic E-state index is 0.162. The van der Waals surface area contributed by atoms with Crippen molar-refractivity contribution in [3.8, 4) is 0 Å². The first-order valence-electron chi connectivity index (χ1n) is 4.20. The molecule has 0 bridgehead atoms. The van der Waals surface area contributed by atoms with Crippen molar-refractivity contribution in [2.24, 2.45) is 17.2 Å². The minimum Gasteiger partial charge on any atom is -0.329 e. The summed E-state index contributed by atoms with van der Waals surface area (Å²) in [5.41, 5.74) is 15.3. The van der Waals surface area contributed by atoms with Crippen molar-refractivity contribution >= 4 is 0 Å². The van der Waals surface area contributed by atoms with Crippen molar-refractivity contribution in [2.45, 2.75) is 39.8 Å². The van der Waals surface area contributed by atoms with Crippen LogP contribution >= 0.6 is 0 Å². The van der Waals surface area contributed by atoms with Crippen LogP contribution in [-0.2, 0) is 0 Å². The van der Waals surface area contributed by atoms with E-state index in [1.807, 2.05) is 27.7 Å². The van der Waals surface area contributed by atoms with Crippen LogP contribution in [0.2, 0.25) is 0 Å². The van der Waals surface area contributed by atoms with Gasteiger partial charge in [-0.25, -0.2) is 0 Å². The van der Waals surface area contributed by atoms with Crippen molar-refractivity contribution < 1.29 is 0 Å². The van der Waals surface area contributed by atoms with Gasteiger partial charge in [-0.3, -0.25) is 0 Å². The van der Waals surface area contributed by atoms with E-state index >= 15 is 0 Å². The average molecular weight is 175 g/mol. The van der Waals surface area contributed by atoms with Crippen molar-refractivity contribution in [1.29, 1.82) is 0 Å². The predicted molar refractivity (Wildman–Crippen MR) is 57.9 cm³/mol. The first-order valence-corrected chi connectivity index (χ1v) is 4.20. The molecule has 6 N–H and O–H groups in total. The SMILES string of the molecule is C=CC.CC(C)N.CC(N)CN. The summed E-state index contributed by atoms with van der Waals surface area (Å²) in [4.78, 5) is 0. The fourth-order valence-electron chi connectivity index (χ4n) is 0. The van der Waals surface area contributed by atoms with Gasteiger partial charge in [0.2, 0.25) is 0 Å². The second-order valence-corrected chi connectivity index (χ2v) is 2.87. The highest BCUT2D eigenvalue weighted by molar-refractivity contribution is 4.51. The molecule has 0 aromatic rings. The first kappa shape index (κ1) is 17.6. The monoisotopic (exact) mass is 175 g/mol. The molecule has 0 fully saturated rings. The summed E-state index contributed by atoms with van der Waals surface area (Å²) in [6, 6.07) is 0.495. The molecule has 0 radical (unpaired) electrons. The number of rotatable bonds is 1. The zero-order valence-electron chi connectivity index (χ0n) is 8.88. The summed E-state index contributed by atoms with van der Waals surface area (Å²) in [5.74, 6) is 0. The van der Waals surface area contributed by atoms with E-state index < -0.39 is 0 Å². The van der Waals surface area contributed by atoms with Crippen LogP contribution in [0.1, 0.15) is 27.7 Å². The third-order valence-corrected chi connectivity index (χ3v) is 0.372. The molecule has 3 nitrogen and oxygen atoms in total. The molecule has 0 aliphatic rings. The summed E-state index contributed by atoms with van der Waals surface area (Å²) in [6.07, 6.45) is 1.75. The van der Waals surface area contributed by atoms with Gasteiger partial charge in [0.1, 0.15) is 0 Å². The van der Waals surface area contributed by atoms with Gasteiger partial charge < -0.3 is 17.2 Å². The molecule has 0 aromatic heterocycles. The van der Waals surface area contributed by atoms with Crippen molar-refractivity contribution in [2.75, 3.05) is 6.54 Å². The fraction of sp³-hybridized carbons (Fsp3) is 0.778. The van der Waals surface area contributed by atoms with Gasteiger partial charge >= 0.3 is 0 Å². The molecular formula is C9H25N3. The lowest BCUT2D eigenvalue weighted by Crippen LogP contribution is -2.25. The lowest BCUT2D eigenvalue weighted by Gasteiger charge is -1.92. The maximum Gasteiger partial charge on any atom is 0.0134 e. The lowest BCUT2D eigenvalue weighted by atomic mass is 10.4. The summed E-state index contributed by atoms with van der Waals surface area (Å²) in [6.45, 7) is 11.6. The van der Waals surface area contributed by atoms with E-state index in [0.29, 0.717) is 12.6 Å². The quantitative estimate of drug-likeness (QED) is 0.517. The van der Waals surface area contributed by atoms with Gasteiger partial charge in [-0.1, -0.05) is 19.9 Å². The number of hydrogen-bond donors (Lipinski definition) is 3. The Labute approximate surface area is 77.0 Å². The molecule has 76 valence electrons. The largest absolute Gasteiger partial charge is 0.329 e. The molecule has 0 aliphatic heterocycles. The van der Waals surface area contributed by atoms with Crippen LogP contribution in [-0.4, -0.2) is 18.6 Å². The summed E-state index contributed by atoms with van der Waals surface area (Å²) in [5, 5.41) is 0. The predicted octanol–water partition coefficient (Wildman–Crippen LogP) is 0.838. The van der Waals surface area contributed by atoms with E-state index in [9.17, 15) is 0 Å². The smallest absolute Gasteiger partial charge is 0.0134 e. The number of nitrogens with two attached hydrogens (primary N) is 3. The Morgan fingerprint density at radius 2 is 1.33 bits per heavy atom. The maximum absolute atomic E-state index is 5.17. The fourth-order valence-corrected chi connectivity index (χ4v) is 0. The molecule has 0 saturated carbocycles.